The number of hydrogen-bond acceptors (Lipinski definition) is 2. The Morgan fingerprint density at radius 3 is 2.81 bits per heavy atom. The molecule has 2 rings (SSSR count). The smallest absolute Gasteiger partial charge is 0.319 e. The number of carbonyl (C=O) groups is 1. The lowest BCUT2D eigenvalue weighted by atomic mass is 9.78. The molecule has 0 aromatic rings. The fourth-order valence-electron chi connectivity index (χ4n) is 3.05. The van der Waals surface area contributed by atoms with E-state index in [9.17, 15) is 4.79 Å². The zero-order chi connectivity index (χ0) is 11.7. The van der Waals surface area contributed by atoms with Crippen LogP contribution in [0, 0.1) is 11.8 Å². The van der Waals surface area contributed by atoms with Crippen LogP contribution in [0.3, 0.4) is 0 Å². The van der Waals surface area contributed by atoms with Crippen LogP contribution in [0.1, 0.15) is 26.2 Å². The summed E-state index contributed by atoms with van der Waals surface area (Å²) in [6, 6.07) is 0.479. The molecule has 4 heteroatoms. The van der Waals surface area contributed by atoms with Crippen LogP contribution < -0.4 is 5.73 Å². The predicted molar refractivity (Wildman–Crippen MR) is 64.1 cm³/mol. The van der Waals surface area contributed by atoms with E-state index in [1.807, 2.05) is 18.9 Å². The van der Waals surface area contributed by atoms with Crippen molar-refractivity contribution < 1.29 is 4.79 Å². The first-order valence-corrected chi connectivity index (χ1v) is 6.39. The van der Waals surface area contributed by atoms with Gasteiger partial charge in [-0.3, -0.25) is 0 Å². The number of nitrogens with two attached hydrogens (primary N) is 1. The molecule has 1 saturated heterocycles. The van der Waals surface area contributed by atoms with Crippen molar-refractivity contribution in [2.75, 3.05) is 26.7 Å². The van der Waals surface area contributed by atoms with Crippen LogP contribution >= 0.6 is 0 Å². The number of urea groups is 1. The number of amides is 2. The van der Waals surface area contributed by atoms with Gasteiger partial charge in [0.25, 0.3) is 0 Å². The average Bonchev–Trinajstić information content (AvgIpc) is 2.72. The summed E-state index contributed by atoms with van der Waals surface area (Å²) in [5.74, 6) is 1.20. The monoisotopic (exact) mass is 225 g/mol. The van der Waals surface area contributed by atoms with Crippen molar-refractivity contribution in [2.45, 2.75) is 32.2 Å². The van der Waals surface area contributed by atoms with Gasteiger partial charge in [0.05, 0.1) is 0 Å². The van der Waals surface area contributed by atoms with Gasteiger partial charge in [0.2, 0.25) is 0 Å². The highest BCUT2D eigenvalue weighted by atomic mass is 16.2. The second-order valence-corrected chi connectivity index (χ2v) is 5.22. The van der Waals surface area contributed by atoms with Gasteiger partial charge in [-0.25, -0.2) is 4.79 Å². The maximum atomic E-state index is 12.0. The Labute approximate surface area is 97.8 Å². The Kier molecular flexibility index (Phi) is 3.38. The zero-order valence-electron chi connectivity index (χ0n) is 10.4. The highest BCUT2D eigenvalue weighted by molar-refractivity contribution is 5.74. The van der Waals surface area contributed by atoms with Gasteiger partial charge in [-0.2, -0.15) is 0 Å². The molecule has 1 saturated carbocycles. The van der Waals surface area contributed by atoms with Gasteiger partial charge in [0.15, 0.2) is 0 Å². The van der Waals surface area contributed by atoms with Crippen molar-refractivity contribution in [2.24, 2.45) is 17.6 Å². The molecule has 2 aliphatic rings. The van der Waals surface area contributed by atoms with Crippen molar-refractivity contribution in [3.63, 3.8) is 0 Å². The van der Waals surface area contributed by atoms with Crippen LogP contribution in [0.15, 0.2) is 0 Å². The fourth-order valence-corrected chi connectivity index (χ4v) is 3.05. The van der Waals surface area contributed by atoms with E-state index in [2.05, 4.69) is 0 Å². The molecule has 0 spiro atoms. The average molecular weight is 225 g/mol. The van der Waals surface area contributed by atoms with Crippen molar-refractivity contribution in [3.05, 3.63) is 0 Å². The minimum atomic E-state index is 0.170. The summed E-state index contributed by atoms with van der Waals surface area (Å²) in [6.07, 6.45) is 3.61. The third-order valence-corrected chi connectivity index (χ3v) is 4.23. The topological polar surface area (TPSA) is 49.6 Å². The lowest BCUT2D eigenvalue weighted by Crippen LogP contribution is -2.41. The number of fused-ring (bicyclic) bond motifs is 1. The third kappa shape index (κ3) is 2.03. The van der Waals surface area contributed by atoms with E-state index in [1.165, 1.54) is 12.8 Å². The maximum absolute atomic E-state index is 12.0. The molecular formula is C12H23N3O. The first-order chi connectivity index (χ1) is 7.63. The minimum Gasteiger partial charge on any atom is -0.328 e. The SMILES string of the molecule is CCN(C)C(=O)N1CC2CCCC(N)C2C1. The van der Waals surface area contributed by atoms with Gasteiger partial charge in [-0.15, -0.1) is 0 Å². The molecule has 1 aliphatic heterocycles. The van der Waals surface area contributed by atoms with E-state index in [0.29, 0.717) is 17.9 Å². The van der Waals surface area contributed by atoms with E-state index < -0.39 is 0 Å². The third-order valence-electron chi connectivity index (χ3n) is 4.23. The fraction of sp³-hybridized carbons (Fsp3) is 0.917. The molecule has 2 fully saturated rings. The van der Waals surface area contributed by atoms with Gasteiger partial charge in [-0.1, -0.05) is 6.42 Å². The molecule has 0 aromatic carbocycles. The maximum Gasteiger partial charge on any atom is 0.319 e. The second kappa shape index (κ2) is 4.62. The number of nitrogens with zero attached hydrogens (tertiary/aromatic N) is 2. The van der Waals surface area contributed by atoms with Crippen LogP contribution in [0.4, 0.5) is 4.79 Å². The van der Waals surface area contributed by atoms with E-state index in [0.717, 1.165) is 26.1 Å². The lowest BCUT2D eigenvalue weighted by Gasteiger charge is -2.29. The van der Waals surface area contributed by atoms with Crippen LogP contribution in [0.2, 0.25) is 0 Å². The minimum absolute atomic E-state index is 0.170. The quantitative estimate of drug-likeness (QED) is 0.727. The number of hydrogen-bond donors (Lipinski definition) is 1. The summed E-state index contributed by atoms with van der Waals surface area (Å²) in [5.41, 5.74) is 6.14. The van der Waals surface area contributed by atoms with Crippen LogP contribution in [-0.2, 0) is 0 Å². The van der Waals surface area contributed by atoms with Gasteiger partial charge in [0, 0.05) is 32.7 Å². The first-order valence-electron chi connectivity index (χ1n) is 6.39. The molecule has 1 aliphatic carbocycles. The normalized spacial score (nSPS) is 33.7. The Hall–Kier alpha value is -0.770. The molecule has 16 heavy (non-hydrogen) atoms. The van der Waals surface area contributed by atoms with E-state index in [4.69, 9.17) is 5.73 Å². The van der Waals surface area contributed by atoms with Crippen molar-refractivity contribution >= 4 is 6.03 Å². The summed E-state index contributed by atoms with van der Waals surface area (Å²) in [4.78, 5) is 15.8. The summed E-state index contributed by atoms with van der Waals surface area (Å²) < 4.78 is 0. The Morgan fingerprint density at radius 1 is 1.44 bits per heavy atom. The Morgan fingerprint density at radius 2 is 2.19 bits per heavy atom. The standard InChI is InChI=1S/C12H23N3O/c1-3-14(2)12(16)15-7-9-5-4-6-11(13)10(9)8-15/h9-11H,3-8,13H2,1-2H3. The highest BCUT2D eigenvalue weighted by Crippen LogP contribution is 2.35. The first kappa shape index (κ1) is 11.7. The van der Waals surface area contributed by atoms with Crippen LogP contribution in [0.5, 0.6) is 0 Å². The molecule has 1 heterocycles. The van der Waals surface area contributed by atoms with Gasteiger partial charge in [-0.05, 0) is 31.6 Å². The molecule has 0 bridgehead atoms. The molecule has 2 amide bonds. The molecule has 3 atom stereocenters. The van der Waals surface area contributed by atoms with E-state index in [-0.39, 0.29) is 6.03 Å². The van der Waals surface area contributed by atoms with Crippen molar-refractivity contribution in [1.82, 2.24) is 9.80 Å². The van der Waals surface area contributed by atoms with E-state index in [1.54, 1.807) is 4.90 Å². The zero-order valence-corrected chi connectivity index (χ0v) is 10.4. The molecule has 2 N–H and O–H groups in total. The second-order valence-electron chi connectivity index (χ2n) is 5.22. The summed E-state index contributed by atoms with van der Waals surface area (Å²) in [7, 11) is 1.87. The molecule has 3 unspecified atom stereocenters. The van der Waals surface area contributed by atoms with Crippen LogP contribution in [-0.4, -0.2) is 48.6 Å². The van der Waals surface area contributed by atoms with Crippen LogP contribution in [0.25, 0.3) is 0 Å². The molecule has 4 nitrogen and oxygen atoms in total. The summed E-state index contributed by atoms with van der Waals surface area (Å²) >= 11 is 0. The van der Waals surface area contributed by atoms with Crippen molar-refractivity contribution in [1.29, 1.82) is 0 Å². The van der Waals surface area contributed by atoms with Gasteiger partial charge in [0.1, 0.15) is 0 Å². The number of carbonyl (C=O) groups excluding carboxylic acids is 1. The number of likely N-dealkylation sites (tertiary alicyclic amines) is 1. The Bertz CT molecular complexity index is 269. The lowest BCUT2D eigenvalue weighted by molar-refractivity contribution is 0.172. The molecule has 0 radical (unpaired) electrons. The molecule has 0 aromatic heterocycles. The molecule has 92 valence electrons. The highest BCUT2D eigenvalue weighted by Gasteiger charge is 2.40. The predicted octanol–water partition coefficient (Wildman–Crippen LogP) is 1.12. The van der Waals surface area contributed by atoms with Gasteiger partial charge < -0.3 is 15.5 Å². The van der Waals surface area contributed by atoms with Crippen molar-refractivity contribution in [3.8, 4) is 0 Å². The summed E-state index contributed by atoms with van der Waals surface area (Å²) in [5, 5.41) is 0. The largest absolute Gasteiger partial charge is 0.328 e. The van der Waals surface area contributed by atoms with Gasteiger partial charge >= 0.3 is 6.03 Å². The Balaban J connectivity index is 1.98. The van der Waals surface area contributed by atoms with E-state index >= 15 is 0 Å². The number of rotatable bonds is 1. The molecular weight excluding hydrogens is 202 g/mol. The summed E-state index contributed by atoms with van der Waals surface area (Å²) in [6.45, 7) is 4.57.